The molecule has 0 aliphatic rings. The number of nitrogens with two attached hydrogens (primary N) is 1. The third-order valence-electron chi connectivity index (χ3n) is 4.22. The molecule has 25 heavy (non-hydrogen) atoms. The van der Waals surface area contributed by atoms with E-state index in [2.05, 4.69) is 36.1 Å². The van der Waals surface area contributed by atoms with Crippen LogP contribution in [0.4, 0.5) is 0 Å². The zero-order valence-corrected chi connectivity index (χ0v) is 14.2. The maximum atomic E-state index is 10.2. The fourth-order valence-electron chi connectivity index (χ4n) is 2.62. The van der Waals surface area contributed by atoms with Gasteiger partial charge in [0.15, 0.2) is 0 Å². The second kappa shape index (κ2) is 7.36. The maximum Gasteiger partial charge on any atom is 0.139 e. The van der Waals surface area contributed by atoms with Crippen LogP contribution in [0, 0.1) is 11.8 Å². The summed E-state index contributed by atoms with van der Waals surface area (Å²) in [6.07, 6.45) is 0.447. The Kier molecular flexibility index (Phi) is 5.00. The first-order valence-electron chi connectivity index (χ1n) is 8.38. The minimum Gasteiger partial charge on any atom is -0.372 e. The minimum absolute atomic E-state index is 0.447. The Balaban J connectivity index is 1.89. The van der Waals surface area contributed by atoms with Gasteiger partial charge in [0.05, 0.1) is 0 Å². The molecule has 1 atom stereocenters. The molecule has 0 fully saturated rings. The van der Waals surface area contributed by atoms with Crippen LogP contribution in [-0.2, 0) is 5.72 Å². The molecular weight excluding hydrogens is 306 g/mol. The van der Waals surface area contributed by atoms with Crippen LogP contribution < -0.4 is 5.73 Å². The molecule has 0 saturated carbocycles. The van der Waals surface area contributed by atoms with Crippen molar-refractivity contribution in [2.75, 3.05) is 0 Å². The molecule has 2 heteroatoms. The number of rotatable bonds is 3. The van der Waals surface area contributed by atoms with Crippen LogP contribution in [0.2, 0.25) is 0 Å². The van der Waals surface area contributed by atoms with E-state index < -0.39 is 5.72 Å². The summed E-state index contributed by atoms with van der Waals surface area (Å²) in [6.45, 7) is 1.85. The second-order valence-electron chi connectivity index (χ2n) is 6.06. The van der Waals surface area contributed by atoms with Gasteiger partial charge in [-0.25, -0.2) is 0 Å². The van der Waals surface area contributed by atoms with E-state index in [0.29, 0.717) is 12.0 Å². The Hall–Kier alpha value is -2.86. The van der Waals surface area contributed by atoms with Gasteiger partial charge in [-0.05, 0) is 47.4 Å². The number of benzene rings is 3. The van der Waals surface area contributed by atoms with Gasteiger partial charge in [-0.2, -0.15) is 0 Å². The molecule has 0 aliphatic carbocycles. The lowest BCUT2D eigenvalue weighted by Crippen LogP contribution is -2.35. The molecule has 0 heterocycles. The van der Waals surface area contributed by atoms with Crippen molar-refractivity contribution in [1.29, 1.82) is 0 Å². The lowest BCUT2D eigenvalue weighted by Gasteiger charge is -2.21. The maximum absolute atomic E-state index is 10.2. The molecule has 0 saturated heterocycles. The molecule has 0 aliphatic heterocycles. The van der Waals surface area contributed by atoms with Gasteiger partial charge >= 0.3 is 0 Å². The molecule has 3 aromatic rings. The van der Waals surface area contributed by atoms with Crippen LogP contribution in [0.15, 0.2) is 78.9 Å². The number of hydrogen-bond acceptors (Lipinski definition) is 2. The molecular formula is C23H21NO. The molecule has 1 unspecified atom stereocenters. The third-order valence-corrected chi connectivity index (χ3v) is 4.22. The van der Waals surface area contributed by atoms with Gasteiger partial charge in [0.25, 0.3) is 0 Å². The molecule has 2 nitrogen and oxygen atoms in total. The van der Waals surface area contributed by atoms with Crippen LogP contribution in [-0.4, -0.2) is 5.11 Å². The predicted octanol–water partition coefficient (Wildman–Crippen LogP) is 4.27. The van der Waals surface area contributed by atoms with Gasteiger partial charge in [0.1, 0.15) is 5.72 Å². The van der Waals surface area contributed by atoms with E-state index in [1.54, 1.807) is 0 Å². The lowest BCUT2D eigenvalue weighted by atomic mass is 9.99. The summed E-state index contributed by atoms with van der Waals surface area (Å²) in [5.41, 5.74) is 9.37. The van der Waals surface area contributed by atoms with E-state index >= 15 is 0 Å². The van der Waals surface area contributed by atoms with Gasteiger partial charge in [-0.1, -0.05) is 73.4 Å². The zero-order valence-electron chi connectivity index (χ0n) is 14.2. The standard InChI is InChI=1S/C23H21NO/c1-2-23(24,25)22-13-7-9-19(17-22)15-14-18-8-6-12-21(16-18)20-10-4-3-5-11-20/h3-13,16-17,25H,2,24H2,1H3. The summed E-state index contributed by atoms with van der Waals surface area (Å²) >= 11 is 0. The van der Waals surface area contributed by atoms with E-state index in [9.17, 15) is 5.11 Å². The Morgan fingerprint density at radius 2 is 1.40 bits per heavy atom. The molecule has 3 N–H and O–H groups in total. The van der Waals surface area contributed by atoms with Crippen molar-refractivity contribution in [3.8, 4) is 23.0 Å². The Labute approximate surface area is 149 Å². The monoisotopic (exact) mass is 327 g/mol. The van der Waals surface area contributed by atoms with E-state index in [4.69, 9.17) is 5.73 Å². The summed E-state index contributed by atoms with van der Waals surface area (Å²) < 4.78 is 0. The number of hydrogen-bond donors (Lipinski definition) is 2. The van der Waals surface area contributed by atoms with Crippen molar-refractivity contribution < 1.29 is 5.11 Å². The van der Waals surface area contributed by atoms with Crippen LogP contribution in [0.3, 0.4) is 0 Å². The summed E-state index contributed by atoms with van der Waals surface area (Å²) in [5.74, 6) is 6.35. The van der Waals surface area contributed by atoms with Crippen molar-refractivity contribution in [1.82, 2.24) is 0 Å². The molecule has 3 rings (SSSR count). The minimum atomic E-state index is -1.31. The molecule has 0 radical (unpaired) electrons. The fraction of sp³-hybridized carbons (Fsp3) is 0.130. The Morgan fingerprint density at radius 3 is 2.08 bits per heavy atom. The summed E-state index contributed by atoms with van der Waals surface area (Å²) in [7, 11) is 0. The van der Waals surface area contributed by atoms with E-state index in [0.717, 1.165) is 16.7 Å². The van der Waals surface area contributed by atoms with Crippen LogP contribution in [0.25, 0.3) is 11.1 Å². The molecule has 0 aromatic heterocycles. The summed E-state index contributed by atoms with van der Waals surface area (Å²) in [6, 6.07) is 25.9. The van der Waals surface area contributed by atoms with Crippen LogP contribution >= 0.6 is 0 Å². The van der Waals surface area contributed by atoms with Gasteiger partial charge in [-0.15, -0.1) is 0 Å². The van der Waals surface area contributed by atoms with Gasteiger partial charge < -0.3 is 5.11 Å². The SMILES string of the molecule is CCC(N)(O)c1cccc(C#Cc2cccc(-c3ccccc3)c2)c1. The van der Waals surface area contributed by atoms with Gasteiger partial charge in [0.2, 0.25) is 0 Å². The molecule has 0 bridgehead atoms. The molecule has 124 valence electrons. The number of aliphatic hydroxyl groups is 1. The van der Waals surface area contributed by atoms with Crippen molar-refractivity contribution in [2.24, 2.45) is 5.73 Å². The average molecular weight is 327 g/mol. The molecule has 3 aromatic carbocycles. The highest BCUT2D eigenvalue weighted by Crippen LogP contribution is 2.21. The third kappa shape index (κ3) is 4.16. The fourth-order valence-corrected chi connectivity index (χ4v) is 2.62. The Morgan fingerprint density at radius 1 is 0.800 bits per heavy atom. The average Bonchev–Trinajstić information content (AvgIpc) is 2.67. The second-order valence-corrected chi connectivity index (χ2v) is 6.06. The predicted molar refractivity (Wildman–Crippen MR) is 103 cm³/mol. The molecule has 0 amide bonds. The normalized spacial score (nSPS) is 12.8. The first-order chi connectivity index (χ1) is 12.1. The van der Waals surface area contributed by atoms with E-state index in [-0.39, 0.29) is 0 Å². The highest BCUT2D eigenvalue weighted by molar-refractivity contribution is 5.65. The van der Waals surface area contributed by atoms with Crippen molar-refractivity contribution >= 4 is 0 Å². The van der Waals surface area contributed by atoms with Crippen LogP contribution in [0.5, 0.6) is 0 Å². The van der Waals surface area contributed by atoms with Crippen molar-refractivity contribution in [3.05, 3.63) is 95.6 Å². The highest BCUT2D eigenvalue weighted by atomic mass is 16.3. The topological polar surface area (TPSA) is 46.2 Å². The lowest BCUT2D eigenvalue weighted by molar-refractivity contribution is 0.0394. The largest absolute Gasteiger partial charge is 0.372 e. The zero-order chi connectivity index (χ0) is 17.7. The van der Waals surface area contributed by atoms with Gasteiger partial charge in [0, 0.05) is 11.1 Å². The first-order valence-corrected chi connectivity index (χ1v) is 8.38. The van der Waals surface area contributed by atoms with Gasteiger partial charge in [-0.3, -0.25) is 5.73 Å². The smallest absolute Gasteiger partial charge is 0.139 e. The molecule has 0 spiro atoms. The highest BCUT2D eigenvalue weighted by Gasteiger charge is 2.20. The van der Waals surface area contributed by atoms with E-state index in [1.165, 1.54) is 5.56 Å². The van der Waals surface area contributed by atoms with E-state index in [1.807, 2.05) is 61.5 Å². The first kappa shape index (κ1) is 17.0. The summed E-state index contributed by atoms with van der Waals surface area (Å²) in [4.78, 5) is 0. The van der Waals surface area contributed by atoms with Crippen molar-refractivity contribution in [3.63, 3.8) is 0 Å². The van der Waals surface area contributed by atoms with Crippen LogP contribution in [0.1, 0.15) is 30.0 Å². The summed E-state index contributed by atoms with van der Waals surface area (Å²) in [5, 5.41) is 10.2. The quantitative estimate of drug-likeness (QED) is 0.557. The van der Waals surface area contributed by atoms with Crippen molar-refractivity contribution in [2.45, 2.75) is 19.1 Å². The Bertz CT molecular complexity index is 917.